The summed E-state index contributed by atoms with van der Waals surface area (Å²) in [6.45, 7) is 5.38. The Bertz CT molecular complexity index is 427. The van der Waals surface area contributed by atoms with Crippen molar-refractivity contribution in [3.63, 3.8) is 0 Å². The molecule has 1 unspecified atom stereocenters. The molecule has 1 saturated heterocycles. The van der Waals surface area contributed by atoms with Crippen molar-refractivity contribution in [2.45, 2.75) is 44.9 Å². The Balaban J connectivity index is 1.85. The molecule has 1 aromatic heterocycles. The maximum Gasteiger partial charge on any atom is 0.433 e. The van der Waals surface area contributed by atoms with Gasteiger partial charge < -0.3 is 14.5 Å². The minimum absolute atomic E-state index is 0.106. The van der Waals surface area contributed by atoms with Gasteiger partial charge in [0.15, 0.2) is 0 Å². The average molecular weight is 254 g/mol. The maximum absolute atomic E-state index is 10.5. The highest BCUT2D eigenvalue weighted by molar-refractivity contribution is 5.17. The van der Waals surface area contributed by atoms with Crippen LogP contribution in [0.4, 0.5) is 5.88 Å². The van der Waals surface area contributed by atoms with Crippen LogP contribution in [0.15, 0.2) is 16.5 Å². The van der Waals surface area contributed by atoms with Crippen molar-refractivity contribution in [2.75, 3.05) is 6.61 Å². The van der Waals surface area contributed by atoms with E-state index in [2.05, 4.69) is 19.2 Å². The van der Waals surface area contributed by atoms with E-state index < -0.39 is 4.92 Å². The molecule has 1 aliphatic heterocycles. The molecule has 100 valence electrons. The summed E-state index contributed by atoms with van der Waals surface area (Å²) in [5.41, 5.74) is -0.106. The molecular formula is C12H18N2O4. The highest BCUT2D eigenvalue weighted by Crippen LogP contribution is 2.24. The predicted octanol–water partition coefficient (Wildman–Crippen LogP) is 2.24. The number of furan rings is 1. The quantitative estimate of drug-likeness (QED) is 0.658. The Morgan fingerprint density at radius 1 is 1.56 bits per heavy atom. The number of nitrogens with zero attached hydrogens (tertiary/aromatic N) is 1. The molecule has 6 nitrogen and oxygen atoms in total. The summed E-state index contributed by atoms with van der Waals surface area (Å²) in [7, 11) is 0. The molecule has 1 aliphatic rings. The fourth-order valence-corrected chi connectivity index (χ4v) is 2.21. The van der Waals surface area contributed by atoms with E-state index in [0.29, 0.717) is 18.3 Å². The molecule has 0 saturated carbocycles. The first kappa shape index (κ1) is 13.0. The SMILES string of the molecule is CC1(C)CC(NCc2ccc([N+](=O)[O-])o2)CCO1. The van der Waals surface area contributed by atoms with Crippen molar-refractivity contribution in [1.82, 2.24) is 5.32 Å². The molecule has 2 rings (SSSR count). The fourth-order valence-electron chi connectivity index (χ4n) is 2.21. The second-order valence-electron chi connectivity index (χ2n) is 5.18. The lowest BCUT2D eigenvalue weighted by molar-refractivity contribution is -0.402. The number of nitrogens with one attached hydrogen (secondary N) is 1. The zero-order chi connectivity index (χ0) is 13.2. The summed E-state index contributed by atoms with van der Waals surface area (Å²) in [4.78, 5) is 9.95. The Hall–Kier alpha value is -1.40. The van der Waals surface area contributed by atoms with Gasteiger partial charge in [0, 0.05) is 12.6 Å². The maximum atomic E-state index is 10.5. The summed E-state index contributed by atoms with van der Waals surface area (Å²) < 4.78 is 10.7. The van der Waals surface area contributed by atoms with Crippen LogP contribution in [0.1, 0.15) is 32.4 Å². The van der Waals surface area contributed by atoms with Crippen LogP contribution in [0.25, 0.3) is 0 Å². The third-order valence-corrected chi connectivity index (χ3v) is 3.09. The number of hydrogen-bond acceptors (Lipinski definition) is 5. The van der Waals surface area contributed by atoms with Crippen molar-refractivity contribution in [3.05, 3.63) is 28.0 Å². The van der Waals surface area contributed by atoms with Gasteiger partial charge >= 0.3 is 5.88 Å². The zero-order valence-corrected chi connectivity index (χ0v) is 10.6. The van der Waals surface area contributed by atoms with E-state index in [1.807, 2.05) is 0 Å². The molecular weight excluding hydrogens is 236 g/mol. The average Bonchev–Trinajstić information content (AvgIpc) is 2.74. The first-order valence-corrected chi connectivity index (χ1v) is 6.07. The third-order valence-electron chi connectivity index (χ3n) is 3.09. The van der Waals surface area contributed by atoms with Gasteiger partial charge in [-0.1, -0.05) is 0 Å². The standard InChI is InChI=1S/C12H18N2O4/c1-12(2)7-9(5-6-17-12)13-8-10-3-4-11(18-10)14(15)16/h3-4,9,13H,5-8H2,1-2H3. The molecule has 2 heterocycles. The molecule has 0 bridgehead atoms. The minimum atomic E-state index is -0.527. The lowest BCUT2D eigenvalue weighted by Gasteiger charge is -2.35. The second-order valence-corrected chi connectivity index (χ2v) is 5.18. The summed E-state index contributed by atoms with van der Waals surface area (Å²) in [5.74, 6) is 0.380. The van der Waals surface area contributed by atoms with E-state index in [0.717, 1.165) is 19.4 Å². The van der Waals surface area contributed by atoms with Crippen LogP contribution >= 0.6 is 0 Å². The molecule has 0 amide bonds. The Morgan fingerprint density at radius 2 is 2.33 bits per heavy atom. The number of rotatable bonds is 4. The predicted molar refractivity (Wildman–Crippen MR) is 65.3 cm³/mol. The molecule has 1 atom stereocenters. The highest BCUT2D eigenvalue weighted by atomic mass is 16.6. The van der Waals surface area contributed by atoms with Gasteiger partial charge in [0.25, 0.3) is 0 Å². The molecule has 6 heteroatoms. The smallest absolute Gasteiger partial charge is 0.404 e. The van der Waals surface area contributed by atoms with Gasteiger partial charge in [0.1, 0.15) is 10.7 Å². The largest absolute Gasteiger partial charge is 0.433 e. The monoisotopic (exact) mass is 254 g/mol. The lowest BCUT2D eigenvalue weighted by Crippen LogP contribution is -2.43. The molecule has 18 heavy (non-hydrogen) atoms. The summed E-state index contributed by atoms with van der Waals surface area (Å²) in [6.07, 6.45) is 1.88. The topological polar surface area (TPSA) is 77.5 Å². The lowest BCUT2D eigenvalue weighted by atomic mass is 9.94. The third kappa shape index (κ3) is 3.30. The van der Waals surface area contributed by atoms with Crippen LogP contribution in [-0.4, -0.2) is 23.2 Å². The van der Waals surface area contributed by atoms with Crippen LogP contribution in [0, 0.1) is 10.1 Å². The van der Waals surface area contributed by atoms with E-state index in [1.54, 1.807) is 6.07 Å². The van der Waals surface area contributed by atoms with Crippen LogP contribution in [0.3, 0.4) is 0 Å². The molecule has 1 fully saturated rings. The second kappa shape index (κ2) is 5.07. The summed E-state index contributed by atoms with van der Waals surface area (Å²) in [5, 5.41) is 13.8. The molecule has 0 aromatic carbocycles. The first-order chi connectivity index (χ1) is 8.46. The Kier molecular flexibility index (Phi) is 3.68. The molecule has 1 N–H and O–H groups in total. The van der Waals surface area contributed by atoms with E-state index in [4.69, 9.17) is 9.15 Å². The van der Waals surface area contributed by atoms with Crippen LogP contribution in [-0.2, 0) is 11.3 Å². The number of hydrogen-bond donors (Lipinski definition) is 1. The van der Waals surface area contributed by atoms with Crippen molar-refractivity contribution in [2.24, 2.45) is 0 Å². The molecule has 0 radical (unpaired) electrons. The Labute approximate surface area is 105 Å². The Morgan fingerprint density at radius 3 is 2.94 bits per heavy atom. The van der Waals surface area contributed by atoms with Gasteiger partial charge in [-0.2, -0.15) is 0 Å². The van der Waals surface area contributed by atoms with Crippen molar-refractivity contribution >= 4 is 5.88 Å². The van der Waals surface area contributed by atoms with E-state index >= 15 is 0 Å². The molecule has 1 aromatic rings. The van der Waals surface area contributed by atoms with Gasteiger partial charge in [0.05, 0.1) is 18.2 Å². The van der Waals surface area contributed by atoms with E-state index in [-0.39, 0.29) is 11.5 Å². The number of ether oxygens (including phenoxy) is 1. The van der Waals surface area contributed by atoms with Gasteiger partial charge in [-0.15, -0.1) is 0 Å². The van der Waals surface area contributed by atoms with E-state index in [1.165, 1.54) is 6.07 Å². The van der Waals surface area contributed by atoms with Crippen molar-refractivity contribution in [1.29, 1.82) is 0 Å². The van der Waals surface area contributed by atoms with Crippen LogP contribution in [0.2, 0.25) is 0 Å². The van der Waals surface area contributed by atoms with Crippen LogP contribution < -0.4 is 5.32 Å². The minimum Gasteiger partial charge on any atom is -0.404 e. The van der Waals surface area contributed by atoms with Crippen molar-refractivity contribution in [3.8, 4) is 0 Å². The molecule has 0 aliphatic carbocycles. The normalized spacial score (nSPS) is 22.9. The first-order valence-electron chi connectivity index (χ1n) is 6.07. The van der Waals surface area contributed by atoms with Gasteiger partial charge in [-0.25, -0.2) is 0 Å². The van der Waals surface area contributed by atoms with Crippen LogP contribution in [0.5, 0.6) is 0 Å². The highest BCUT2D eigenvalue weighted by Gasteiger charge is 2.28. The number of nitro groups is 1. The van der Waals surface area contributed by atoms with Gasteiger partial charge in [-0.3, -0.25) is 10.1 Å². The van der Waals surface area contributed by atoms with Crippen molar-refractivity contribution < 1.29 is 14.1 Å². The van der Waals surface area contributed by atoms with Gasteiger partial charge in [0.2, 0.25) is 0 Å². The summed E-state index contributed by atoms with van der Waals surface area (Å²) >= 11 is 0. The molecule has 0 spiro atoms. The fraction of sp³-hybridized carbons (Fsp3) is 0.667. The van der Waals surface area contributed by atoms with E-state index in [9.17, 15) is 10.1 Å². The van der Waals surface area contributed by atoms with Gasteiger partial charge in [-0.05, 0) is 32.8 Å². The summed E-state index contributed by atoms with van der Waals surface area (Å²) in [6, 6.07) is 3.37. The zero-order valence-electron chi connectivity index (χ0n) is 10.6.